The van der Waals surface area contributed by atoms with Crippen LogP contribution in [0, 0.1) is 11.3 Å². The Labute approximate surface area is 132 Å². The first-order chi connectivity index (χ1) is 10.6. The molecule has 0 saturated carbocycles. The molecule has 0 aromatic heterocycles. The lowest BCUT2D eigenvalue weighted by molar-refractivity contribution is 0.0951. The molecule has 0 heterocycles. The van der Waals surface area contributed by atoms with Crippen molar-refractivity contribution in [2.75, 3.05) is 6.26 Å². The molecular formula is C17H16N2O2S. The fourth-order valence-corrected chi connectivity index (χ4v) is 2.72. The Morgan fingerprint density at radius 3 is 2.64 bits per heavy atom. The van der Waals surface area contributed by atoms with Crippen molar-refractivity contribution in [3.63, 3.8) is 0 Å². The van der Waals surface area contributed by atoms with Crippen molar-refractivity contribution in [1.82, 2.24) is 5.32 Å². The van der Waals surface area contributed by atoms with E-state index in [2.05, 4.69) is 11.4 Å². The van der Waals surface area contributed by atoms with Crippen molar-refractivity contribution in [1.29, 1.82) is 5.26 Å². The largest absolute Gasteiger partial charge is 0.348 e. The average Bonchev–Trinajstić information content (AvgIpc) is 2.52. The van der Waals surface area contributed by atoms with Gasteiger partial charge in [0.05, 0.1) is 11.6 Å². The van der Waals surface area contributed by atoms with Crippen LogP contribution in [0.5, 0.6) is 0 Å². The van der Waals surface area contributed by atoms with Crippen LogP contribution in [0.2, 0.25) is 0 Å². The molecule has 0 aliphatic carbocycles. The van der Waals surface area contributed by atoms with Gasteiger partial charge in [0.2, 0.25) is 0 Å². The molecule has 112 valence electrons. The standard InChI is InChI=1S/C17H16N2O2S/c1-22(21)12-15-6-3-7-16(9-15)17(20)19-11-14-5-2-4-13(8-14)10-18/h2-9H,11-12H2,1H3,(H,19,20). The minimum atomic E-state index is -0.938. The molecule has 0 spiro atoms. The number of nitrogens with one attached hydrogen (secondary N) is 1. The molecule has 0 radical (unpaired) electrons. The van der Waals surface area contributed by atoms with Crippen LogP contribution in [0.3, 0.4) is 0 Å². The van der Waals surface area contributed by atoms with Crippen molar-refractivity contribution in [2.24, 2.45) is 0 Å². The lowest BCUT2D eigenvalue weighted by Crippen LogP contribution is -2.22. The van der Waals surface area contributed by atoms with E-state index in [-0.39, 0.29) is 5.91 Å². The van der Waals surface area contributed by atoms with Crippen LogP contribution in [0.15, 0.2) is 48.5 Å². The number of benzene rings is 2. The van der Waals surface area contributed by atoms with Crippen molar-refractivity contribution in [3.8, 4) is 6.07 Å². The van der Waals surface area contributed by atoms with Gasteiger partial charge >= 0.3 is 0 Å². The zero-order valence-electron chi connectivity index (χ0n) is 12.2. The van der Waals surface area contributed by atoms with Crippen LogP contribution in [0.25, 0.3) is 0 Å². The summed E-state index contributed by atoms with van der Waals surface area (Å²) in [5.74, 6) is 0.247. The highest BCUT2D eigenvalue weighted by molar-refractivity contribution is 7.83. The second kappa shape index (κ2) is 7.53. The molecule has 1 unspecified atom stereocenters. The van der Waals surface area contributed by atoms with Crippen molar-refractivity contribution < 1.29 is 9.00 Å². The molecule has 0 aliphatic rings. The summed E-state index contributed by atoms with van der Waals surface area (Å²) in [4.78, 5) is 12.2. The Hall–Kier alpha value is -2.45. The van der Waals surface area contributed by atoms with Gasteiger partial charge in [-0.1, -0.05) is 24.3 Å². The lowest BCUT2D eigenvalue weighted by Gasteiger charge is -2.07. The number of rotatable bonds is 5. The highest BCUT2D eigenvalue weighted by atomic mass is 32.2. The summed E-state index contributed by atoms with van der Waals surface area (Å²) >= 11 is 0. The summed E-state index contributed by atoms with van der Waals surface area (Å²) < 4.78 is 11.2. The third-order valence-corrected chi connectivity index (χ3v) is 3.81. The normalized spacial score (nSPS) is 11.5. The van der Waals surface area contributed by atoms with E-state index >= 15 is 0 Å². The number of amides is 1. The van der Waals surface area contributed by atoms with Gasteiger partial charge in [-0.25, -0.2) is 0 Å². The number of hydrogen-bond donors (Lipinski definition) is 1. The van der Waals surface area contributed by atoms with Gasteiger partial charge in [0.15, 0.2) is 0 Å². The zero-order chi connectivity index (χ0) is 15.9. The van der Waals surface area contributed by atoms with E-state index in [1.54, 1.807) is 42.7 Å². The third-order valence-electron chi connectivity index (χ3n) is 3.07. The maximum Gasteiger partial charge on any atom is 0.251 e. The highest BCUT2D eigenvalue weighted by Gasteiger charge is 2.07. The molecular weight excluding hydrogens is 296 g/mol. The molecule has 0 bridgehead atoms. The molecule has 0 fully saturated rings. The Morgan fingerprint density at radius 1 is 1.18 bits per heavy atom. The van der Waals surface area contributed by atoms with Gasteiger partial charge in [-0.3, -0.25) is 9.00 Å². The van der Waals surface area contributed by atoms with Crippen molar-refractivity contribution in [3.05, 3.63) is 70.8 Å². The maximum absolute atomic E-state index is 12.2. The minimum absolute atomic E-state index is 0.189. The Morgan fingerprint density at radius 2 is 1.91 bits per heavy atom. The first-order valence-electron chi connectivity index (χ1n) is 6.74. The number of carbonyl (C=O) groups excluding carboxylic acids is 1. The quantitative estimate of drug-likeness (QED) is 0.921. The van der Waals surface area contributed by atoms with Gasteiger partial charge < -0.3 is 5.32 Å². The van der Waals surface area contributed by atoms with Gasteiger partial charge in [0.25, 0.3) is 5.91 Å². The first-order valence-corrected chi connectivity index (χ1v) is 8.47. The van der Waals surface area contributed by atoms with Crippen LogP contribution >= 0.6 is 0 Å². The summed E-state index contributed by atoms with van der Waals surface area (Å²) in [6, 6.07) is 16.3. The monoisotopic (exact) mass is 312 g/mol. The van der Waals surface area contributed by atoms with Gasteiger partial charge in [-0.2, -0.15) is 5.26 Å². The summed E-state index contributed by atoms with van der Waals surface area (Å²) in [6.07, 6.45) is 1.63. The fourth-order valence-electron chi connectivity index (χ4n) is 2.07. The predicted octanol–water partition coefficient (Wildman–Crippen LogP) is 2.37. The molecule has 2 aromatic rings. The third kappa shape index (κ3) is 4.54. The van der Waals surface area contributed by atoms with Crippen LogP contribution in [-0.4, -0.2) is 16.4 Å². The molecule has 0 saturated heterocycles. The summed E-state index contributed by atoms with van der Waals surface area (Å²) in [6.45, 7) is 0.359. The van der Waals surface area contributed by atoms with Crippen molar-refractivity contribution in [2.45, 2.75) is 12.3 Å². The van der Waals surface area contributed by atoms with E-state index in [0.717, 1.165) is 11.1 Å². The summed E-state index contributed by atoms with van der Waals surface area (Å²) in [7, 11) is -0.938. The number of hydrogen-bond acceptors (Lipinski definition) is 3. The number of carbonyl (C=O) groups is 1. The van der Waals surface area contributed by atoms with E-state index in [1.165, 1.54) is 0 Å². The molecule has 1 N–H and O–H groups in total. The maximum atomic E-state index is 12.2. The Bertz CT molecular complexity index is 750. The van der Waals surface area contributed by atoms with E-state index in [4.69, 9.17) is 5.26 Å². The van der Waals surface area contributed by atoms with E-state index in [1.807, 2.05) is 12.1 Å². The van der Waals surface area contributed by atoms with Crippen LogP contribution < -0.4 is 5.32 Å². The Kier molecular flexibility index (Phi) is 5.45. The number of nitriles is 1. The molecule has 2 rings (SSSR count). The van der Waals surface area contributed by atoms with E-state index in [9.17, 15) is 9.00 Å². The van der Waals surface area contributed by atoms with E-state index < -0.39 is 10.8 Å². The molecule has 4 nitrogen and oxygen atoms in total. The topological polar surface area (TPSA) is 70.0 Å². The summed E-state index contributed by atoms with van der Waals surface area (Å²) in [5, 5.41) is 11.7. The summed E-state index contributed by atoms with van der Waals surface area (Å²) in [5.41, 5.74) is 2.86. The molecule has 0 aliphatic heterocycles. The molecule has 22 heavy (non-hydrogen) atoms. The van der Waals surface area contributed by atoms with Crippen LogP contribution in [-0.2, 0) is 23.1 Å². The molecule has 5 heteroatoms. The van der Waals surface area contributed by atoms with Crippen LogP contribution in [0.1, 0.15) is 27.0 Å². The first kappa shape index (κ1) is 15.9. The number of nitrogens with zero attached hydrogens (tertiary/aromatic N) is 1. The fraction of sp³-hybridized carbons (Fsp3) is 0.176. The van der Waals surface area contributed by atoms with Gasteiger partial charge in [-0.05, 0) is 35.4 Å². The van der Waals surface area contributed by atoms with Gasteiger partial charge in [0, 0.05) is 34.9 Å². The second-order valence-corrected chi connectivity index (χ2v) is 6.35. The van der Waals surface area contributed by atoms with Gasteiger partial charge in [-0.15, -0.1) is 0 Å². The van der Waals surface area contributed by atoms with Gasteiger partial charge in [0.1, 0.15) is 0 Å². The average molecular weight is 312 g/mol. The van der Waals surface area contributed by atoms with Crippen LogP contribution in [0.4, 0.5) is 0 Å². The van der Waals surface area contributed by atoms with Crippen molar-refractivity contribution >= 4 is 16.7 Å². The predicted molar refractivity (Wildman–Crippen MR) is 86.5 cm³/mol. The smallest absolute Gasteiger partial charge is 0.251 e. The Balaban J connectivity index is 2.03. The molecule has 1 atom stereocenters. The molecule has 2 aromatic carbocycles. The second-order valence-electron chi connectivity index (χ2n) is 4.91. The lowest BCUT2D eigenvalue weighted by atomic mass is 10.1. The zero-order valence-corrected chi connectivity index (χ0v) is 13.0. The minimum Gasteiger partial charge on any atom is -0.348 e. The SMILES string of the molecule is CS(=O)Cc1cccc(C(=O)NCc2cccc(C#N)c2)c1. The highest BCUT2D eigenvalue weighted by Crippen LogP contribution is 2.08. The van der Waals surface area contributed by atoms with E-state index in [0.29, 0.717) is 23.4 Å². The molecule has 1 amide bonds.